The number of carbonyl (C=O) groups is 2. The van der Waals surface area contributed by atoms with E-state index >= 15 is 0 Å². The molecule has 0 aromatic rings. The first-order valence-corrected chi connectivity index (χ1v) is 7.62. The highest BCUT2D eigenvalue weighted by Gasteiger charge is 2.49. The van der Waals surface area contributed by atoms with Crippen LogP contribution in [0.15, 0.2) is 0 Å². The molecule has 1 atom stereocenters. The first-order chi connectivity index (χ1) is 8.11. The maximum absolute atomic E-state index is 12.5. The zero-order valence-corrected chi connectivity index (χ0v) is 13.0. The molecule has 1 rings (SSSR count). The largest absolute Gasteiger partial charge is 0.340 e. The van der Waals surface area contributed by atoms with Gasteiger partial charge < -0.3 is 10.2 Å². The Morgan fingerprint density at radius 2 is 1.89 bits per heavy atom. The number of hydrogen-bond acceptors (Lipinski definition) is 3. The van der Waals surface area contributed by atoms with Crippen LogP contribution in [0.1, 0.15) is 34.6 Å². The van der Waals surface area contributed by atoms with Crippen molar-refractivity contribution in [3.8, 4) is 0 Å². The highest BCUT2D eigenvalue weighted by molar-refractivity contribution is 7.98. The van der Waals surface area contributed by atoms with Crippen LogP contribution in [0, 0.1) is 5.41 Å². The zero-order chi connectivity index (χ0) is 14.1. The van der Waals surface area contributed by atoms with E-state index in [2.05, 4.69) is 5.32 Å². The molecule has 0 aliphatic carbocycles. The summed E-state index contributed by atoms with van der Waals surface area (Å²) in [7, 11) is 0. The molecule has 5 heteroatoms. The van der Waals surface area contributed by atoms with E-state index in [4.69, 9.17) is 0 Å². The van der Waals surface area contributed by atoms with Gasteiger partial charge in [0.05, 0.1) is 0 Å². The molecule has 0 saturated carbocycles. The van der Waals surface area contributed by atoms with E-state index < -0.39 is 5.54 Å². The van der Waals surface area contributed by atoms with Gasteiger partial charge in [0.2, 0.25) is 11.8 Å². The molecule has 1 heterocycles. The molecule has 1 aliphatic rings. The lowest BCUT2D eigenvalue weighted by molar-refractivity contribution is -0.157. The van der Waals surface area contributed by atoms with E-state index in [9.17, 15) is 9.59 Å². The van der Waals surface area contributed by atoms with Gasteiger partial charge in [-0.3, -0.25) is 9.59 Å². The SMILES string of the molecule is CSCCN1C(=O)C(C)(C)NC(=O)C1C(C)(C)C. The van der Waals surface area contributed by atoms with Crippen molar-refractivity contribution >= 4 is 23.6 Å². The van der Waals surface area contributed by atoms with Crippen LogP contribution in [0.25, 0.3) is 0 Å². The van der Waals surface area contributed by atoms with Gasteiger partial charge in [0.1, 0.15) is 11.6 Å². The highest BCUT2D eigenvalue weighted by atomic mass is 32.2. The maximum atomic E-state index is 12.5. The van der Waals surface area contributed by atoms with Gasteiger partial charge in [0.25, 0.3) is 0 Å². The predicted octanol–water partition coefficient (Wildman–Crippen LogP) is 1.50. The third-order valence-corrected chi connectivity index (χ3v) is 3.74. The summed E-state index contributed by atoms with van der Waals surface area (Å²) >= 11 is 1.69. The average molecular weight is 272 g/mol. The topological polar surface area (TPSA) is 49.4 Å². The van der Waals surface area contributed by atoms with Crippen LogP contribution in [-0.4, -0.2) is 46.8 Å². The first-order valence-electron chi connectivity index (χ1n) is 6.23. The molecule has 104 valence electrons. The van der Waals surface area contributed by atoms with Crippen molar-refractivity contribution in [2.75, 3.05) is 18.6 Å². The smallest absolute Gasteiger partial charge is 0.248 e. The molecule has 0 spiro atoms. The van der Waals surface area contributed by atoms with Crippen molar-refractivity contribution in [2.24, 2.45) is 5.41 Å². The minimum absolute atomic E-state index is 0.0103. The Morgan fingerprint density at radius 3 is 2.33 bits per heavy atom. The molecule has 0 aromatic carbocycles. The molecule has 1 N–H and O–H groups in total. The van der Waals surface area contributed by atoms with Crippen molar-refractivity contribution in [3.05, 3.63) is 0 Å². The Hall–Kier alpha value is -0.710. The lowest BCUT2D eigenvalue weighted by Crippen LogP contribution is -2.70. The molecule has 1 unspecified atom stereocenters. The molecular weight excluding hydrogens is 248 g/mol. The Kier molecular flexibility index (Phi) is 4.36. The fraction of sp³-hybridized carbons (Fsp3) is 0.846. The van der Waals surface area contributed by atoms with Crippen LogP contribution in [0.4, 0.5) is 0 Å². The monoisotopic (exact) mass is 272 g/mol. The predicted molar refractivity (Wildman–Crippen MR) is 75.6 cm³/mol. The van der Waals surface area contributed by atoms with E-state index in [1.54, 1.807) is 30.5 Å². The summed E-state index contributed by atoms with van der Waals surface area (Å²) in [5.41, 5.74) is -1.05. The zero-order valence-electron chi connectivity index (χ0n) is 12.2. The normalized spacial score (nSPS) is 24.1. The second-order valence-corrected chi connectivity index (χ2v) is 7.36. The van der Waals surface area contributed by atoms with Gasteiger partial charge in [0, 0.05) is 12.3 Å². The van der Waals surface area contributed by atoms with Gasteiger partial charge in [-0.15, -0.1) is 0 Å². The van der Waals surface area contributed by atoms with E-state index in [1.807, 2.05) is 27.0 Å². The van der Waals surface area contributed by atoms with Crippen molar-refractivity contribution in [1.82, 2.24) is 10.2 Å². The second-order valence-electron chi connectivity index (χ2n) is 6.37. The molecule has 0 radical (unpaired) electrons. The van der Waals surface area contributed by atoms with Crippen LogP contribution in [0.3, 0.4) is 0 Å². The van der Waals surface area contributed by atoms with Crippen molar-refractivity contribution in [2.45, 2.75) is 46.2 Å². The number of rotatable bonds is 3. The lowest BCUT2D eigenvalue weighted by Gasteiger charge is -2.47. The third-order valence-electron chi connectivity index (χ3n) is 3.15. The van der Waals surface area contributed by atoms with Crippen LogP contribution in [0.5, 0.6) is 0 Å². The Morgan fingerprint density at radius 1 is 1.33 bits per heavy atom. The van der Waals surface area contributed by atoms with Crippen LogP contribution in [0.2, 0.25) is 0 Å². The Labute approximate surface area is 114 Å². The molecule has 1 fully saturated rings. The number of piperazine rings is 1. The van der Waals surface area contributed by atoms with E-state index in [0.717, 1.165) is 5.75 Å². The fourth-order valence-corrected chi connectivity index (χ4v) is 2.71. The minimum atomic E-state index is -0.794. The molecule has 4 nitrogen and oxygen atoms in total. The Bertz CT molecular complexity index is 347. The van der Waals surface area contributed by atoms with Gasteiger partial charge in [-0.25, -0.2) is 0 Å². The van der Waals surface area contributed by atoms with Crippen LogP contribution >= 0.6 is 11.8 Å². The maximum Gasteiger partial charge on any atom is 0.248 e. The molecule has 18 heavy (non-hydrogen) atoms. The van der Waals surface area contributed by atoms with Gasteiger partial charge in [-0.05, 0) is 25.5 Å². The summed E-state index contributed by atoms with van der Waals surface area (Å²) in [5.74, 6) is 0.811. The average Bonchev–Trinajstić information content (AvgIpc) is 2.18. The molecule has 0 bridgehead atoms. The number of nitrogens with zero attached hydrogens (tertiary/aromatic N) is 1. The van der Waals surface area contributed by atoms with E-state index in [-0.39, 0.29) is 23.3 Å². The molecule has 1 aliphatic heterocycles. The summed E-state index contributed by atoms with van der Waals surface area (Å²) in [5, 5.41) is 2.83. The van der Waals surface area contributed by atoms with Gasteiger partial charge in [-0.2, -0.15) is 11.8 Å². The number of amides is 2. The summed E-state index contributed by atoms with van der Waals surface area (Å²) < 4.78 is 0. The van der Waals surface area contributed by atoms with Crippen molar-refractivity contribution in [3.63, 3.8) is 0 Å². The van der Waals surface area contributed by atoms with E-state index in [0.29, 0.717) is 6.54 Å². The van der Waals surface area contributed by atoms with Crippen LogP contribution in [-0.2, 0) is 9.59 Å². The quantitative estimate of drug-likeness (QED) is 0.847. The summed E-state index contributed by atoms with van der Waals surface area (Å²) in [6.07, 6.45) is 2.01. The van der Waals surface area contributed by atoms with Gasteiger partial charge >= 0.3 is 0 Å². The van der Waals surface area contributed by atoms with Crippen molar-refractivity contribution < 1.29 is 9.59 Å². The number of thioether (sulfide) groups is 1. The van der Waals surface area contributed by atoms with E-state index in [1.165, 1.54) is 0 Å². The second kappa shape index (κ2) is 5.11. The van der Waals surface area contributed by atoms with Gasteiger partial charge in [-0.1, -0.05) is 20.8 Å². The summed E-state index contributed by atoms with van der Waals surface area (Å²) in [4.78, 5) is 26.5. The fourth-order valence-electron chi connectivity index (χ4n) is 2.33. The lowest BCUT2D eigenvalue weighted by atomic mass is 9.81. The van der Waals surface area contributed by atoms with Gasteiger partial charge in [0.15, 0.2) is 0 Å². The highest BCUT2D eigenvalue weighted by Crippen LogP contribution is 2.30. The summed E-state index contributed by atoms with van der Waals surface area (Å²) in [6, 6.07) is -0.384. The molecule has 2 amide bonds. The Balaban J connectivity index is 3.07. The number of nitrogens with one attached hydrogen (secondary N) is 1. The molecule has 1 saturated heterocycles. The number of hydrogen-bond donors (Lipinski definition) is 1. The first kappa shape index (κ1) is 15.3. The molecule has 0 aromatic heterocycles. The number of carbonyl (C=O) groups excluding carboxylic acids is 2. The standard InChI is InChI=1S/C13H24N2O2S/c1-12(2,3)9-10(16)14-13(4,5)11(17)15(9)7-8-18-6/h9H,7-8H2,1-6H3,(H,14,16). The molecular formula is C13H24N2O2S. The van der Waals surface area contributed by atoms with Crippen LogP contribution < -0.4 is 5.32 Å². The third kappa shape index (κ3) is 2.99. The van der Waals surface area contributed by atoms with Crippen molar-refractivity contribution in [1.29, 1.82) is 0 Å². The summed E-state index contributed by atoms with van der Waals surface area (Å²) in [6.45, 7) is 10.1. The minimum Gasteiger partial charge on any atom is -0.340 e.